The van der Waals surface area contributed by atoms with E-state index in [4.69, 9.17) is 4.74 Å². The summed E-state index contributed by atoms with van der Waals surface area (Å²) < 4.78 is 6.96. The van der Waals surface area contributed by atoms with Crippen molar-refractivity contribution in [1.82, 2.24) is 20.1 Å². The molecule has 0 atom stereocenters. The smallest absolute Gasteiger partial charge is 0.341 e. The summed E-state index contributed by atoms with van der Waals surface area (Å²) >= 11 is 2.69. The van der Waals surface area contributed by atoms with Crippen LogP contribution in [0.4, 0.5) is 5.00 Å². The quantitative estimate of drug-likeness (QED) is 0.332. The maximum absolute atomic E-state index is 12.7. The minimum Gasteiger partial charge on any atom is -0.462 e. The van der Waals surface area contributed by atoms with Gasteiger partial charge in [-0.25, -0.2) is 4.79 Å². The average Bonchev–Trinajstić information content (AvgIpc) is 3.51. The number of anilines is 1. The third kappa shape index (κ3) is 5.73. The molecule has 0 saturated carbocycles. The lowest BCUT2D eigenvalue weighted by Crippen LogP contribution is -2.24. The third-order valence-electron chi connectivity index (χ3n) is 5.60. The fraction of sp³-hybridized carbons (Fsp3) is 0.375. The molecule has 11 heteroatoms. The van der Waals surface area contributed by atoms with Crippen LogP contribution in [0.2, 0.25) is 0 Å². The van der Waals surface area contributed by atoms with Crippen LogP contribution < -0.4 is 10.6 Å². The van der Waals surface area contributed by atoms with Crippen LogP contribution in [-0.4, -0.2) is 44.9 Å². The van der Waals surface area contributed by atoms with Crippen LogP contribution in [-0.2, 0) is 36.0 Å². The van der Waals surface area contributed by atoms with Crippen molar-refractivity contribution in [2.24, 2.45) is 7.05 Å². The van der Waals surface area contributed by atoms with Crippen molar-refractivity contribution in [1.29, 1.82) is 0 Å². The van der Waals surface area contributed by atoms with E-state index in [1.807, 2.05) is 25.1 Å². The Kier molecular flexibility index (Phi) is 7.86. The fourth-order valence-electron chi connectivity index (χ4n) is 3.88. The molecule has 1 aliphatic rings. The van der Waals surface area contributed by atoms with Crippen molar-refractivity contribution < 1.29 is 19.1 Å². The van der Waals surface area contributed by atoms with Gasteiger partial charge >= 0.3 is 5.97 Å². The van der Waals surface area contributed by atoms with Crippen molar-refractivity contribution in [2.45, 2.75) is 44.8 Å². The van der Waals surface area contributed by atoms with Crippen LogP contribution in [0.15, 0.2) is 29.4 Å². The first-order valence-electron chi connectivity index (χ1n) is 11.3. The Balaban J connectivity index is 1.34. The molecule has 9 nitrogen and oxygen atoms in total. The van der Waals surface area contributed by atoms with Gasteiger partial charge in [0.05, 0.1) is 24.5 Å². The number of aromatic nitrogens is 3. The maximum atomic E-state index is 12.7. The second-order valence-corrected chi connectivity index (χ2v) is 10.2. The molecule has 0 fully saturated rings. The molecule has 0 bridgehead atoms. The average molecular weight is 514 g/mol. The van der Waals surface area contributed by atoms with E-state index in [0.29, 0.717) is 27.1 Å². The second kappa shape index (κ2) is 11.0. The van der Waals surface area contributed by atoms with Gasteiger partial charge in [-0.2, -0.15) is 0 Å². The maximum Gasteiger partial charge on any atom is 0.341 e. The Hall–Kier alpha value is -3.18. The van der Waals surface area contributed by atoms with Gasteiger partial charge in [0, 0.05) is 17.5 Å². The molecule has 0 unspecified atom stereocenters. The molecular formula is C24H27N5O4S2. The summed E-state index contributed by atoms with van der Waals surface area (Å²) in [5, 5.41) is 15.1. The van der Waals surface area contributed by atoms with E-state index in [1.54, 1.807) is 24.6 Å². The zero-order chi connectivity index (χ0) is 24.9. The monoisotopic (exact) mass is 513 g/mol. The van der Waals surface area contributed by atoms with Crippen molar-refractivity contribution in [3.63, 3.8) is 0 Å². The van der Waals surface area contributed by atoms with Crippen LogP contribution >= 0.6 is 23.1 Å². The van der Waals surface area contributed by atoms with Crippen LogP contribution in [0.1, 0.15) is 55.9 Å². The number of fused-ring (bicyclic) bond motifs is 1. The molecule has 35 heavy (non-hydrogen) atoms. The van der Waals surface area contributed by atoms with Crippen LogP contribution in [0.3, 0.4) is 0 Å². The predicted octanol–water partition coefficient (Wildman–Crippen LogP) is 3.51. The number of carbonyl (C=O) groups is 3. The zero-order valence-electron chi connectivity index (χ0n) is 19.8. The lowest BCUT2D eigenvalue weighted by molar-refractivity contribution is -0.113. The Morgan fingerprint density at radius 2 is 2.06 bits per heavy atom. The number of hydrogen-bond acceptors (Lipinski definition) is 8. The van der Waals surface area contributed by atoms with Crippen LogP contribution in [0.25, 0.3) is 0 Å². The Morgan fingerprint density at radius 3 is 2.83 bits per heavy atom. The van der Waals surface area contributed by atoms with Gasteiger partial charge in [-0.05, 0) is 50.8 Å². The second-order valence-electron chi connectivity index (χ2n) is 8.13. The highest BCUT2D eigenvalue weighted by molar-refractivity contribution is 7.99. The highest BCUT2D eigenvalue weighted by Gasteiger charge is 2.28. The number of thiophene rings is 1. The Bertz CT molecular complexity index is 1270. The summed E-state index contributed by atoms with van der Waals surface area (Å²) in [5.74, 6) is -0.135. The van der Waals surface area contributed by atoms with Crippen molar-refractivity contribution in [3.05, 3.63) is 57.2 Å². The van der Waals surface area contributed by atoms with Crippen molar-refractivity contribution in [2.75, 3.05) is 17.7 Å². The summed E-state index contributed by atoms with van der Waals surface area (Å²) in [6.07, 6.45) is 2.75. The molecule has 1 aromatic carbocycles. The number of aryl methyl sites for hydroxylation is 2. The Morgan fingerprint density at radius 1 is 1.23 bits per heavy atom. The number of benzene rings is 1. The van der Waals surface area contributed by atoms with E-state index in [9.17, 15) is 14.4 Å². The number of hydrogen-bond donors (Lipinski definition) is 2. The number of thioether (sulfide) groups is 1. The number of ether oxygens (including phenoxy) is 1. The van der Waals surface area contributed by atoms with E-state index >= 15 is 0 Å². The lowest BCUT2D eigenvalue weighted by atomic mass is 10.1. The van der Waals surface area contributed by atoms with Gasteiger partial charge in [-0.3, -0.25) is 9.59 Å². The molecule has 0 saturated heterocycles. The summed E-state index contributed by atoms with van der Waals surface area (Å²) in [5.41, 5.74) is 3.09. The topological polar surface area (TPSA) is 115 Å². The first-order chi connectivity index (χ1) is 16.9. The molecule has 2 aromatic heterocycles. The van der Waals surface area contributed by atoms with Gasteiger partial charge in [0.1, 0.15) is 5.00 Å². The first-order valence-corrected chi connectivity index (χ1v) is 13.1. The number of nitrogens with zero attached hydrogens (tertiary/aromatic N) is 3. The largest absolute Gasteiger partial charge is 0.462 e. The van der Waals surface area contributed by atoms with Gasteiger partial charge in [0.15, 0.2) is 11.0 Å². The predicted molar refractivity (Wildman–Crippen MR) is 135 cm³/mol. The Labute approximate surface area is 211 Å². The molecule has 184 valence electrons. The number of rotatable bonds is 9. The van der Waals surface area contributed by atoms with Crippen LogP contribution in [0.5, 0.6) is 0 Å². The molecule has 2 amide bonds. The standard InChI is InChI=1S/C24H27N5O4S2/c1-4-33-23(32)20-16-9-6-10-17(16)35-22(20)26-19(30)13-34-24-28-27-18(29(24)3)12-25-21(31)15-8-5-7-14(2)11-15/h5,7-8,11H,4,6,9-10,12-13H2,1-3H3,(H,25,31)(H,26,30). The molecule has 0 radical (unpaired) electrons. The SMILES string of the molecule is CCOC(=O)c1c(NC(=O)CSc2nnc(CNC(=O)c3cccc(C)c3)n2C)sc2c1CCC2. The number of esters is 1. The fourth-order valence-corrected chi connectivity index (χ4v) is 5.90. The third-order valence-corrected chi connectivity index (χ3v) is 7.83. The molecule has 0 aliphatic heterocycles. The van der Waals surface area contributed by atoms with E-state index in [0.717, 1.165) is 35.3 Å². The van der Waals surface area contributed by atoms with Crippen LogP contribution in [0, 0.1) is 6.92 Å². The molecule has 3 aromatic rings. The van der Waals surface area contributed by atoms with Gasteiger partial charge in [0.2, 0.25) is 5.91 Å². The van der Waals surface area contributed by atoms with E-state index in [1.165, 1.54) is 23.1 Å². The lowest BCUT2D eigenvalue weighted by Gasteiger charge is -2.08. The highest BCUT2D eigenvalue weighted by Crippen LogP contribution is 2.39. The van der Waals surface area contributed by atoms with Gasteiger partial charge in [0.25, 0.3) is 5.91 Å². The van der Waals surface area contributed by atoms with E-state index < -0.39 is 0 Å². The summed E-state index contributed by atoms with van der Waals surface area (Å²) in [6, 6.07) is 7.35. The molecule has 0 spiro atoms. The molecule has 2 heterocycles. The minimum absolute atomic E-state index is 0.104. The summed E-state index contributed by atoms with van der Waals surface area (Å²) in [4.78, 5) is 38.7. The molecular weight excluding hydrogens is 486 g/mol. The first kappa shape index (κ1) is 24.9. The number of nitrogens with one attached hydrogen (secondary N) is 2. The molecule has 2 N–H and O–H groups in total. The minimum atomic E-state index is -0.388. The van der Waals surface area contributed by atoms with Crippen molar-refractivity contribution in [3.8, 4) is 0 Å². The number of carbonyl (C=O) groups excluding carboxylic acids is 3. The zero-order valence-corrected chi connectivity index (χ0v) is 21.5. The van der Waals surface area contributed by atoms with Gasteiger partial charge < -0.3 is 19.9 Å². The molecule has 4 rings (SSSR count). The van der Waals surface area contributed by atoms with E-state index in [-0.39, 0.29) is 36.7 Å². The normalized spacial score (nSPS) is 12.3. The summed E-state index contributed by atoms with van der Waals surface area (Å²) in [7, 11) is 1.79. The summed E-state index contributed by atoms with van der Waals surface area (Å²) in [6.45, 7) is 4.20. The van der Waals surface area contributed by atoms with Gasteiger partial charge in [-0.15, -0.1) is 21.5 Å². The van der Waals surface area contributed by atoms with Crippen molar-refractivity contribution >= 4 is 45.9 Å². The van der Waals surface area contributed by atoms with E-state index in [2.05, 4.69) is 20.8 Å². The highest BCUT2D eigenvalue weighted by atomic mass is 32.2. The van der Waals surface area contributed by atoms with Gasteiger partial charge in [-0.1, -0.05) is 29.5 Å². The molecule has 1 aliphatic carbocycles. The number of amides is 2.